The van der Waals surface area contributed by atoms with Gasteiger partial charge in [-0.2, -0.15) is 0 Å². The molecule has 0 fully saturated rings. The molecule has 0 aliphatic heterocycles. The lowest BCUT2D eigenvalue weighted by atomic mass is 10.0. The summed E-state index contributed by atoms with van der Waals surface area (Å²) in [5.74, 6) is -1.45. The lowest BCUT2D eigenvalue weighted by Crippen LogP contribution is -2.30. The summed E-state index contributed by atoms with van der Waals surface area (Å²) in [6, 6.07) is 0. The van der Waals surface area contributed by atoms with Gasteiger partial charge in [0.2, 0.25) is 0 Å². The topological polar surface area (TPSA) is 155 Å². The fraction of sp³-hybridized carbons (Fsp3) is 0.911. The van der Waals surface area contributed by atoms with Crippen molar-refractivity contribution < 1.29 is 52.2 Å². The van der Waals surface area contributed by atoms with Crippen molar-refractivity contribution in [1.82, 2.24) is 0 Å². The molecule has 12 heteroatoms. The number of aliphatic hydroxyl groups excluding tert-OH is 1. The Labute approximate surface area is 417 Å². The molecule has 11 nitrogen and oxygen atoms in total. The first-order chi connectivity index (χ1) is 33.2. The zero-order chi connectivity index (χ0) is 49.9. The van der Waals surface area contributed by atoms with Crippen LogP contribution in [0.15, 0.2) is 12.2 Å². The maximum absolute atomic E-state index is 12.9. The highest BCUT2D eigenvalue weighted by atomic mass is 31.2. The van der Waals surface area contributed by atoms with E-state index in [0.717, 1.165) is 77.0 Å². The maximum Gasteiger partial charge on any atom is 0.472 e. The molecule has 402 valence electrons. The Morgan fingerprint density at radius 1 is 0.397 bits per heavy atom. The van der Waals surface area contributed by atoms with Crippen molar-refractivity contribution in [2.24, 2.45) is 0 Å². The Morgan fingerprint density at radius 3 is 1.06 bits per heavy atom. The van der Waals surface area contributed by atoms with Gasteiger partial charge in [-0.25, -0.2) is 4.57 Å². The molecule has 0 rings (SSSR count). The SMILES string of the molecule is CCCC/C=C\CCCCCCCC(=O)OCC(COP(=O)(O)OCC(CO)OC(=O)CCCCCCCCCCCCCCC)OC(=O)CCCCCCCCCCCCCCCCCCC. The summed E-state index contributed by atoms with van der Waals surface area (Å²) < 4.78 is 39.5. The number of rotatable bonds is 54. The highest BCUT2D eigenvalue weighted by Gasteiger charge is 2.28. The molecule has 3 atom stereocenters. The van der Waals surface area contributed by atoms with Crippen LogP contribution in [0.2, 0.25) is 0 Å². The molecule has 0 amide bonds. The number of ether oxygens (including phenoxy) is 3. The van der Waals surface area contributed by atoms with Crippen molar-refractivity contribution in [1.29, 1.82) is 0 Å². The summed E-state index contributed by atoms with van der Waals surface area (Å²) in [6.07, 6.45) is 48.9. The third kappa shape index (κ3) is 49.2. The molecule has 0 saturated carbocycles. The average Bonchev–Trinajstić information content (AvgIpc) is 3.32. The van der Waals surface area contributed by atoms with Gasteiger partial charge in [0.05, 0.1) is 19.8 Å². The number of phosphoric ester groups is 1. The number of unbranched alkanes of at least 4 members (excludes halogenated alkanes) is 35. The van der Waals surface area contributed by atoms with Crippen LogP contribution in [0.3, 0.4) is 0 Å². The van der Waals surface area contributed by atoms with Crippen molar-refractivity contribution in [3.8, 4) is 0 Å². The Kier molecular flexibility index (Phi) is 50.2. The van der Waals surface area contributed by atoms with Crippen molar-refractivity contribution in [2.45, 2.75) is 303 Å². The molecule has 0 saturated heterocycles. The van der Waals surface area contributed by atoms with Crippen LogP contribution in [0.25, 0.3) is 0 Å². The predicted octanol–water partition coefficient (Wildman–Crippen LogP) is 16.5. The van der Waals surface area contributed by atoms with Crippen LogP contribution in [0.4, 0.5) is 0 Å². The van der Waals surface area contributed by atoms with E-state index in [1.165, 1.54) is 154 Å². The van der Waals surface area contributed by atoms with E-state index in [0.29, 0.717) is 19.3 Å². The van der Waals surface area contributed by atoms with Crippen molar-refractivity contribution in [3.63, 3.8) is 0 Å². The quantitative estimate of drug-likeness (QED) is 0.0197. The van der Waals surface area contributed by atoms with Gasteiger partial charge in [-0.05, 0) is 38.5 Å². The first-order valence-electron chi connectivity index (χ1n) is 28.6. The van der Waals surface area contributed by atoms with E-state index in [9.17, 15) is 28.9 Å². The molecular formula is C56H107O11P. The van der Waals surface area contributed by atoms with E-state index in [4.69, 9.17) is 23.3 Å². The highest BCUT2D eigenvalue weighted by molar-refractivity contribution is 7.47. The van der Waals surface area contributed by atoms with Gasteiger partial charge in [0.1, 0.15) is 12.7 Å². The number of carbonyl (C=O) groups is 3. The van der Waals surface area contributed by atoms with Crippen molar-refractivity contribution >= 4 is 25.7 Å². The molecule has 0 aromatic rings. The van der Waals surface area contributed by atoms with Crippen LogP contribution in [-0.2, 0) is 42.2 Å². The number of hydrogen-bond acceptors (Lipinski definition) is 10. The summed E-state index contributed by atoms with van der Waals surface area (Å²) in [7, 11) is -4.73. The summed E-state index contributed by atoms with van der Waals surface area (Å²) >= 11 is 0. The third-order valence-corrected chi connectivity index (χ3v) is 13.6. The van der Waals surface area contributed by atoms with Crippen LogP contribution < -0.4 is 0 Å². The second kappa shape index (κ2) is 51.6. The number of aliphatic hydroxyl groups is 1. The van der Waals surface area contributed by atoms with Gasteiger partial charge < -0.3 is 24.2 Å². The molecule has 3 unspecified atom stereocenters. The number of phosphoric acid groups is 1. The second-order valence-corrected chi connectivity index (χ2v) is 20.9. The lowest BCUT2D eigenvalue weighted by Gasteiger charge is -2.21. The van der Waals surface area contributed by atoms with Crippen LogP contribution >= 0.6 is 7.82 Å². The zero-order valence-electron chi connectivity index (χ0n) is 44.4. The van der Waals surface area contributed by atoms with Gasteiger partial charge in [-0.15, -0.1) is 0 Å². The second-order valence-electron chi connectivity index (χ2n) is 19.5. The number of carbonyl (C=O) groups excluding carboxylic acids is 3. The molecule has 0 radical (unpaired) electrons. The van der Waals surface area contributed by atoms with Gasteiger partial charge in [0.25, 0.3) is 0 Å². The first kappa shape index (κ1) is 66.2. The van der Waals surface area contributed by atoms with E-state index in [1.54, 1.807) is 0 Å². The minimum atomic E-state index is -4.73. The minimum absolute atomic E-state index is 0.174. The first-order valence-corrected chi connectivity index (χ1v) is 30.1. The normalized spacial score (nSPS) is 13.4. The monoisotopic (exact) mass is 987 g/mol. The van der Waals surface area contributed by atoms with E-state index < -0.39 is 57.8 Å². The van der Waals surface area contributed by atoms with E-state index in [-0.39, 0.29) is 25.9 Å². The van der Waals surface area contributed by atoms with Gasteiger partial charge in [-0.1, -0.05) is 245 Å². The van der Waals surface area contributed by atoms with Gasteiger partial charge in [-0.3, -0.25) is 23.4 Å². The van der Waals surface area contributed by atoms with E-state index in [1.807, 2.05) is 0 Å². The molecule has 68 heavy (non-hydrogen) atoms. The van der Waals surface area contributed by atoms with E-state index >= 15 is 0 Å². The van der Waals surface area contributed by atoms with Crippen molar-refractivity contribution in [3.05, 3.63) is 12.2 Å². The standard InChI is InChI=1S/C56H107O11P/c1-4-7-10-13-16-19-22-24-25-26-27-29-32-35-38-41-44-47-56(60)67-53(49-63-54(58)45-42-39-36-33-30-21-18-15-12-9-6-3)51-65-68(61,62)64-50-52(48-57)66-55(59)46-43-40-37-34-31-28-23-20-17-14-11-8-5-2/h15,18,52-53,57H,4-14,16-17,19-51H2,1-3H3,(H,61,62)/b18-15-. The van der Waals surface area contributed by atoms with E-state index in [2.05, 4.69) is 32.9 Å². The Hall–Kier alpha value is -1.78. The Balaban J connectivity index is 4.65. The highest BCUT2D eigenvalue weighted by Crippen LogP contribution is 2.43. The van der Waals surface area contributed by atoms with Gasteiger partial charge in [0.15, 0.2) is 6.10 Å². The molecule has 0 aliphatic rings. The molecule has 0 aliphatic carbocycles. The van der Waals surface area contributed by atoms with Gasteiger partial charge in [0, 0.05) is 19.3 Å². The minimum Gasteiger partial charge on any atom is -0.462 e. The summed E-state index contributed by atoms with van der Waals surface area (Å²) in [5, 5.41) is 9.79. The smallest absolute Gasteiger partial charge is 0.462 e. The van der Waals surface area contributed by atoms with Crippen molar-refractivity contribution in [2.75, 3.05) is 26.4 Å². The average molecular weight is 987 g/mol. The summed E-state index contributed by atoms with van der Waals surface area (Å²) in [5.41, 5.74) is 0. The van der Waals surface area contributed by atoms with Crippen LogP contribution in [0.5, 0.6) is 0 Å². The fourth-order valence-corrected chi connectivity index (χ4v) is 9.06. The third-order valence-electron chi connectivity index (χ3n) is 12.7. The Morgan fingerprint density at radius 2 is 0.691 bits per heavy atom. The molecule has 0 bridgehead atoms. The molecular weight excluding hydrogens is 880 g/mol. The molecule has 0 spiro atoms. The zero-order valence-corrected chi connectivity index (χ0v) is 45.2. The number of esters is 3. The maximum atomic E-state index is 12.9. The lowest BCUT2D eigenvalue weighted by molar-refractivity contribution is -0.161. The summed E-state index contributed by atoms with van der Waals surface area (Å²) in [4.78, 5) is 48.4. The molecule has 0 aromatic heterocycles. The summed E-state index contributed by atoms with van der Waals surface area (Å²) in [6.45, 7) is 4.65. The molecule has 2 N–H and O–H groups in total. The Bertz CT molecular complexity index is 1200. The number of hydrogen-bond donors (Lipinski definition) is 2. The number of allylic oxidation sites excluding steroid dienone is 2. The van der Waals surface area contributed by atoms with Crippen LogP contribution in [-0.4, -0.2) is 66.5 Å². The molecule has 0 aromatic carbocycles. The van der Waals surface area contributed by atoms with Crippen LogP contribution in [0.1, 0.15) is 290 Å². The van der Waals surface area contributed by atoms with Gasteiger partial charge >= 0.3 is 25.7 Å². The fourth-order valence-electron chi connectivity index (χ4n) is 8.28. The van der Waals surface area contributed by atoms with Crippen LogP contribution in [0, 0.1) is 0 Å². The predicted molar refractivity (Wildman–Crippen MR) is 280 cm³/mol. The molecule has 0 heterocycles. The largest absolute Gasteiger partial charge is 0.472 e.